The molecule has 0 saturated heterocycles. The van der Waals surface area contributed by atoms with Crippen LogP contribution in [0.4, 0.5) is 5.69 Å². The molecule has 7 aromatic carbocycles. The maximum absolute atomic E-state index is 5.56. The van der Waals surface area contributed by atoms with Crippen molar-refractivity contribution in [2.75, 3.05) is 0 Å². The summed E-state index contributed by atoms with van der Waals surface area (Å²) in [5.41, 5.74) is 30.9. The van der Waals surface area contributed by atoms with Gasteiger partial charge >= 0.3 is 0 Å². The largest absolute Gasteiger partial charge is 0.252 e. The van der Waals surface area contributed by atoms with Crippen LogP contribution in [0.1, 0.15) is 77.1 Å². The van der Waals surface area contributed by atoms with Gasteiger partial charge < -0.3 is 0 Å². The highest BCUT2D eigenvalue weighted by atomic mass is 14.8. The predicted octanol–water partition coefficient (Wildman–Crippen LogP) is 16.4. The van der Waals surface area contributed by atoms with E-state index < -0.39 is 0 Å². The highest BCUT2D eigenvalue weighted by Crippen LogP contribution is 2.44. The Balaban J connectivity index is 0.969. The average molecular weight is 798 g/mol. The van der Waals surface area contributed by atoms with Crippen LogP contribution in [0.2, 0.25) is 0 Å². The quantitative estimate of drug-likeness (QED) is 0.142. The molecule has 7 aromatic rings. The predicted molar refractivity (Wildman–Crippen MR) is 264 cm³/mol. The van der Waals surface area contributed by atoms with Gasteiger partial charge in [0.05, 0.1) is 5.69 Å². The number of rotatable bonds is 7. The van der Waals surface area contributed by atoms with E-state index in [4.69, 9.17) is 4.99 Å². The smallest absolute Gasteiger partial charge is 0.0746 e. The Bertz CT molecular complexity index is 3120. The Morgan fingerprint density at radius 2 is 0.952 bits per heavy atom. The molecular weight excluding hydrogens is 747 g/mol. The Morgan fingerprint density at radius 3 is 1.55 bits per heavy atom. The van der Waals surface area contributed by atoms with Crippen molar-refractivity contribution in [2.45, 2.75) is 66.2 Å². The summed E-state index contributed by atoms with van der Waals surface area (Å²) >= 11 is 0. The normalized spacial score (nSPS) is 15.2. The first kappa shape index (κ1) is 38.1. The average Bonchev–Trinajstić information content (AvgIpc) is 3.88. The van der Waals surface area contributed by atoms with Crippen molar-refractivity contribution in [3.8, 4) is 55.6 Å². The Morgan fingerprint density at radius 1 is 0.435 bits per heavy atom. The van der Waals surface area contributed by atoms with Crippen molar-refractivity contribution in [1.29, 1.82) is 0 Å². The van der Waals surface area contributed by atoms with E-state index in [-0.39, 0.29) is 0 Å². The van der Waals surface area contributed by atoms with Crippen LogP contribution in [0.5, 0.6) is 0 Å². The summed E-state index contributed by atoms with van der Waals surface area (Å²) in [6, 6.07) is 52.5. The molecular formula is C61H51N. The third kappa shape index (κ3) is 6.77. The number of hydrogen-bond acceptors (Lipinski definition) is 1. The highest BCUT2D eigenvalue weighted by Gasteiger charge is 2.23. The van der Waals surface area contributed by atoms with Gasteiger partial charge in [-0.05, 0) is 190 Å². The lowest BCUT2D eigenvalue weighted by Crippen LogP contribution is -1.98. The summed E-state index contributed by atoms with van der Waals surface area (Å²) in [6.45, 7) is 8.81. The van der Waals surface area contributed by atoms with Crippen LogP contribution >= 0.6 is 0 Å². The molecule has 0 aromatic heterocycles. The van der Waals surface area contributed by atoms with Crippen molar-refractivity contribution in [3.63, 3.8) is 0 Å². The van der Waals surface area contributed by atoms with Crippen molar-refractivity contribution in [3.05, 3.63) is 219 Å². The first-order valence-corrected chi connectivity index (χ1v) is 22.5. The van der Waals surface area contributed by atoms with Crippen LogP contribution < -0.4 is 0 Å². The number of benzene rings is 7. The molecule has 1 nitrogen and oxygen atoms in total. The van der Waals surface area contributed by atoms with Gasteiger partial charge in [-0.15, -0.1) is 0 Å². The second kappa shape index (κ2) is 15.6. The van der Waals surface area contributed by atoms with Crippen LogP contribution in [0.25, 0.3) is 66.8 Å². The molecule has 0 spiro atoms. The Labute approximate surface area is 367 Å². The van der Waals surface area contributed by atoms with Crippen LogP contribution in [0.15, 0.2) is 180 Å². The highest BCUT2D eigenvalue weighted by molar-refractivity contribution is 6.03. The molecule has 11 rings (SSSR count). The van der Waals surface area contributed by atoms with E-state index in [1.165, 1.54) is 113 Å². The molecule has 0 amide bonds. The molecule has 0 bridgehead atoms. The molecule has 4 aliphatic carbocycles. The maximum Gasteiger partial charge on any atom is 0.0746 e. The molecule has 0 aliphatic heterocycles. The summed E-state index contributed by atoms with van der Waals surface area (Å²) in [5.74, 6) is 0. The van der Waals surface area contributed by atoms with Crippen molar-refractivity contribution in [2.24, 2.45) is 4.99 Å². The Hall–Kier alpha value is -6.83. The molecule has 0 fully saturated rings. The van der Waals surface area contributed by atoms with Crippen LogP contribution in [0.3, 0.4) is 0 Å². The second-order valence-corrected chi connectivity index (χ2v) is 17.8. The number of fused-ring (bicyclic) bond motifs is 4. The van der Waals surface area contributed by atoms with Gasteiger partial charge in [-0.25, -0.2) is 0 Å². The molecule has 0 unspecified atom stereocenters. The molecule has 0 radical (unpaired) electrons. The van der Waals surface area contributed by atoms with Gasteiger partial charge in [-0.3, -0.25) is 4.99 Å². The van der Waals surface area contributed by atoms with Gasteiger partial charge in [-0.2, -0.15) is 0 Å². The molecule has 0 heterocycles. The van der Waals surface area contributed by atoms with Gasteiger partial charge in [0.1, 0.15) is 0 Å². The lowest BCUT2D eigenvalue weighted by atomic mass is 9.91. The monoisotopic (exact) mass is 797 g/mol. The summed E-state index contributed by atoms with van der Waals surface area (Å²) in [7, 11) is 0. The third-order valence-electron chi connectivity index (χ3n) is 14.0. The van der Waals surface area contributed by atoms with Gasteiger partial charge in [0, 0.05) is 11.3 Å². The lowest BCUT2D eigenvalue weighted by molar-refractivity contribution is 0.935. The van der Waals surface area contributed by atoms with Crippen LogP contribution in [-0.4, -0.2) is 5.71 Å². The molecule has 1 heteroatoms. The van der Waals surface area contributed by atoms with Gasteiger partial charge in [0.25, 0.3) is 0 Å². The number of nitrogens with zero attached hydrogens (tertiary/aromatic N) is 1. The summed E-state index contributed by atoms with van der Waals surface area (Å²) in [6.07, 6.45) is 16.2. The van der Waals surface area contributed by atoms with E-state index in [0.29, 0.717) is 0 Å². The van der Waals surface area contributed by atoms with Gasteiger partial charge in [0.15, 0.2) is 0 Å². The SMILES string of the molecule is CC(=Nc1c(-c2ccc(-c3ccc4c(c3)C3=C(CCC=C3)C4)cc2)ccc(-c2ccc(-c3ccc4c(c3)C3=C(CCC=C3)C4)cc2)c1C)c1ccc(C)c(-c2ccccc2C)c1. The standard InChI is InChI=1S/C61H51N/c1-38-11-5-8-14-53(38)58-35-46(18-17-39(58)2)41(4)62-61-40(3)54(44-23-19-42(20-24-44)47-27-29-51-33-49-12-6-9-15-55(49)59(51)36-47)31-32-57(61)45-25-21-43(22-26-45)48-28-30-52-34-50-13-7-10-16-56(50)60(52)37-48/h5,8-11,14-32,35-37H,6-7,12-13,33-34H2,1-4H3. The zero-order valence-electron chi connectivity index (χ0n) is 36.3. The first-order valence-electron chi connectivity index (χ1n) is 22.5. The molecule has 62 heavy (non-hydrogen) atoms. The number of aryl methyl sites for hydroxylation is 2. The third-order valence-corrected chi connectivity index (χ3v) is 14.0. The molecule has 4 aliphatic rings. The first-order chi connectivity index (χ1) is 30.4. The summed E-state index contributed by atoms with van der Waals surface area (Å²) in [4.78, 5) is 5.56. The lowest BCUT2D eigenvalue weighted by Gasteiger charge is -2.17. The summed E-state index contributed by atoms with van der Waals surface area (Å²) in [5, 5.41) is 0. The molecule has 300 valence electrons. The minimum absolute atomic E-state index is 1.000. The van der Waals surface area contributed by atoms with E-state index in [9.17, 15) is 0 Å². The minimum atomic E-state index is 1.000. The second-order valence-electron chi connectivity index (χ2n) is 17.8. The zero-order chi connectivity index (χ0) is 41.9. The fraction of sp³-hybridized carbons (Fsp3) is 0.164. The van der Waals surface area contributed by atoms with Gasteiger partial charge in [-0.1, -0.05) is 157 Å². The number of hydrogen-bond donors (Lipinski definition) is 0. The van der Waals surface area contributed by atoms with E-state index in [1.807, 2.05) is 0 Å². The maximum atomic E-state index is 5.56. The molecule has 0 saturated carbocycles. The van der Waals surface area contributed by atoms with Crippen molar-refractivity contribution in [1.82, 2.24) is 0 Å². The van der Waals surface area contributed by atoms with Crippen LogP contribution in [0, 0.1) is 20.8 Å². The van der Waals surface area contributed by atoms with E-state index in [0.717, 1.165) is 48.2 Å². The van der Waals surface area contributed by atoms with Crippen molar-refractivity contribution < 1.29 is 0 Å². The number of aliphatic imine (C=N–C) groups is 1. The van der Waals surface area contributed by atoms with Crippen molar-refractivity contribution >= 4 is 22.5 Å². The van der Waals surface area contributed by atoms with E-state index in [2.05, 4.69) is 192 Å². The Kier molecular flexibility index (Phi) is 9.57. The molecule has 0 atom stereocenters. The number of allylic oxidation sites excluding steroid dienone is 8. The fourth-order valence-electron chi connectivity index (χ4n) is 10.5. The zero-order valence-corrected chi connectivity index (χ0v) is 36.3. The minimum Gasteiger partial charge on any atom is -0.252 e. The fourth-order valence-corrected chi connectivity index (χ4v) is 10.5. The van der Waals surface area contributed by atoms with E-state index in [1.54, 1.807) is 11.1 Å². The van der Waals surface area contributed by atoms with E-state index >= 15 is 0 Å². The van der Waals surface area contributed by atoms with Crippen LogP contribution in [-0.2, 0) is 12.8 Å². The topological polar surface area (TPSA) is 12.4 Å². The summed E-state index contributed by atoms with van der Waals surface area (Å²) < 4.78 is 0. The molecule has 0 N–H and O–H groups in total. The van der Waals surface area contributed by atoms with Gasteiger partial charge in [0.2, 0.25) is 0 Å².